The van der Waals surface area contributed by atoms with Crippen LogP contribution in [0.25, 0.3) is 27.4 Å². The zero-order valence-corrected chi connectivity index (χ0v) is 25.5. The van der Waals surface area contributed by atoms with Crippen LogP contribution in [0.15, 0.2) is 59.0 Å². The van der Waals surface area contributed by atoms with E-state index in [2.05, 4.69) is 16.4 Å². The van der Waals surface area contributed by atoms with Gasteiger partial charge in [-0.3, -0.25) is 24.6 Å². The molecule has 1 atom stereocenters. The quantitative estimate of drug-likeness (QED) is 0.199. The number of aromatic nitrogens is 1. The first-order chi connectivity index (χ1) is 19.4. The van der Waals surface area contributed by atoms with E-state index in [-0.39, 0.29) is 59.0 Å². The first-order valence-electron chi connectivity index (χ1n) is 13.0. The van der Waals surface area contributed by atoms with E-state index < -0.39 is 22.7 Å². The molecule has 0 saturated carbocycles. The maximum Gasteiger partial charge on any atom is 1.00 e. The third kappa shape index (κ3) is 5.03. The molecule has 3 aromatic carbocycles. The van der Waals surface area contributed by atoms with E-state index in [1.165, 1.54) is 4.90 Å². The summed E-state index contributed by atoms with van der Waals surface area (Å²) < 4.78 is 28.1. The van der Waals surface area contributed by atoms with Crippen LogP contribution in [0, 0.1) is 0 Å². The molecule has 0 spiro atoms. The fourth-order valence-electron chi connectivity index (χ4n) is 5.93. The van der Waals surface area contributed by atoms with Gasteiger partial charge in [-0.2, -0.15) is 4.98 Å². The minimum atomic E-state index is -2.18. The molecule has 4 heterocycles. The second-order valence-electron chi connectivity index (χ2n) is 10.2. The second-order valence-corrected chi connectivity index (χ2v) is 11.1. The van der Waals surface area contributed by atoms with Crippen LogP contribution in [0.1, 0.15) is 40.7 Å². The van der Waals surface area contributed by atoms with Gasteiger partial charge in [0.05, 0.1) is 5.69 Å². The van der Waals surface area contributed by atoms with Gasteiger partial charge in [-0.05, 0) is 59.4 Å². The Balaban J connectivity index is 0.00000176. The van der Waals surface area contributed by atoms with Gasteiger partial charge < -0.3 is 23.2 Å². The molecule has 3 aliphatic rings. The standard InChI is InChI=1S/C29H23N4O6S.Na.H2O/c34-25-9-8-23(27(35)31-25)33-22-7-5-18(19-2-1-3-20(26(19)22)28(33)36)17-10-12-32(13-11-17)29-30-21-6-4-16(15-40(37)38)14-24(21)39-29;;/h1-7,10,14,23H,8-9,11-13,15H2,(H,31,34,35);;1H2/q-1;+1;/p-1. The minimum absolute atomic E-state index is 0. The molecule has 0 radical (unpaired) electrons. The molecule has 7 rings (SSSR count). The van der Waals surface area contributed by atoms with E-state index in [9.17, 15) is 22.8 Å². The smallest absolute Gasteiger partial charge is 0.870 e. The Morgan fingerprint density at radius 1 is 1.02 bits per heavy atom. The molecule has 13 heteroatoms. The molecule has 0 aliphatic carbocycles. The van der Waals surface area contributed by atoms with Gasteiger partial charge in [0.25, 0.3) is 11.9 Å². The zero-order chi connectivity index (χ0) is 27.5. The van der Waals surface area contributed by atoms with Gasteiger partial charge >= 0.3 is 29.6 Å². The van der Waals surface area contributed by atoms with Crippen LogP contribution in [0.4, 0.5) is 11.7 Å². The number of hydrogen-bond donors (Lipinski definition) is 1. The summed E-state index contributed by atoms with van der Waals surface area (Å²) >= 11 is 0. The molecular formula is C29H24N4NaO7S-. The predicted octanol–water partition coefficient (Wildman–Crippen LogP) is 0.677. The van der Waals surface area contributed by atoms with Gasteiger partial charge in [-0.1, -0.05) is 46.6 Å². The average molecular weight is 596 g/mol. The molecule has 3 aliphatic heterocycles. The third-order valence-electron chi connectivity index (χ3n) is 7.80. The van der Waals surface area contributed by atoms with Crippen molar-refractivity contribution in [2.24, 2.45) is 0 Å². The van der Waals surface area contributed by atoms with Crippen molar-refractivity contribution in [3.63, 3.8) is 0 Å². The van der Waals surface area contributed by atoms with Crippen LogP contribution in [-0.4, -0.2) is 47.3 Å². The van der Waals surface area contributed by atoms with E-state index in [0.717, 1.165) is 28.3 Å². The van der Waals surface area contributed by atoms with Crippen LogP contribution in [0.2, 0.25) is 0 Å². The number of imide groups is 1. The fraction of sp³-hybridized carbons (Fsp3) is 0.241. The van der Waals surface area contributed by atoms with Crippen LogP contribution < -0.4 is 44.7 Å². The molecule has 11 nitrogen and oxygen atoms in total. The van der Waals surface area contributed by atoms with Crippen molar-refractivity contribution >= 4 is 67.6 Å². The third-order valence-corrected chi connectivity index (χ3v) is 8.37. The van der Waals surface area contributed by atoms with Gasteiger partial charge in [0, 0.05) is 30.5 Å². The summed E-state index contributed by atoms with van der Waals surface area (Å²) in [5.74, 6) is -1.06. The Morgan fingerprint density at radius 2 is 1.86 bits per heavy atom. The Morgan fingerprint density at radius 3 is 2.60 bits per heavy atom. The van der Waals surface area contributed by atoms with Gasteiger partial charge in [0.2, 0.25) is 11.8 Å². The first-order valence-corrected chi connectivity index (χ1v) is 14.2. The van der Waals surface area contributed by atoms with Gasteiger partial charge in [-0.15, -0.1) is 0 Å². The number of nitrogens with zero attached hydrogens (tertiary/aromatic N) is 3. The number of fused-ring (bicyclic) bond motifs is 1. The van der Waals surface area contributed by atoms with Crippen molar-refractivity contribution in [3.8, 4) is 0 Å². The number of benzene rings is 3. The van der Waals surface area contributed by atoms with E-state index in [4.69, 9.17) is 4.42 Å². The van der Waals surface area contributed by atoms with E-state index in [1.54, 1.807) is 24.3 Å². The van der Waals surface area contributed by atoms with Gasteiger partial charge in [-0.25, -0.2) is 0 Å². The maximum atomic E-state index is 13.4. The Bertz CT molecular complexity index is 1870. The summed E-state index contributed by atoms with van der Waals surface area (Å²) in [6, 6.07) is 14.5. The number of rotatable bonds is 5. The number of oxazole rings is 1. The van der Waals surface area contributed by atoms with Crippen LogP contribution >= 0.6 is 0 Å². The summed E-state index contributed by atoms with van der Waals surface area (Å²) in [6.07, 6.45) is 3.35. The topological polar surface area (TPSA) is 160 Å². The largest absolute Gasteiger partial charge is 1.00 e. The van der Waals surface area contributed by atoms with E-state index >= 15 is 0 Å². The minimum Gasteiger partial charge on any atom is -0.870 e. The molecule has 4 aromatic rings. The molecule has 1 unspecified atom stereocenters. The Hall–Kier alpha value is -3.55. The van der Waals surface area contributed by atoms with Gasteiger partial charge in [0.15, 0.2) is 5.58 Å². The summed E-state index contributed by atoms with van der Waals surface area (Å²) in [6.45, 7) is 1.24. The van der Waals surface area contributed by atoms with Crippen molar-refractivity contribution < 1.29 is 62.3 Å². The molecule has 2 N–H and O–H groups in total. The summed E-state index contributed by atoms with van der Waals surface area (Å²) in [5.41, 5.74) is 5.29. The SMILES string of the molecule is O=C1CCC(N2C(=O)c3cccc4c(C5=CCN(c6nc7ccc(C[S-](=O)=O)cc7o6)CC5)ccc2c34)C(=O)N1.[Na+].[OH-]. The second kappa shape index (κ2) is 11.6. The number of carbonyl (C=O) groups excluding carboxylic acids is 3. The first kappa shape index (κ1) is 29.9. The monoisotopic (exact) mass is 595 g/mol. The molecule has 1 aromatic heterocycles. The summed E-state index contributed by atoms with van der Waals surface area (Å²) in [7, 11) is -2.18. The molecule has 1 fully saturated rings. The Kier molecular flexibility index (Phi) is 8.28. The van der Waals surface area contributed by atoms with Crippen LogP contribution in [-0.2, 0) is 34.5 Å². The van der Waals surface area contributed by atoms with Crippen LogP contribution in [0.3, 0.4) is 0 Å². The van der Waals surface area contributed by atoms with Crippen LogP contribution in [0.5, 0.6) is 0 Å². The van der Waals surface area contributed by atoms with Gasteiger partial charge in [0.1, 0.15) is 11.6 Å². The van der Waals surface area contributed by atoms with Crippen molar-refractivity contribution in [2.45, 2.75) is 31.1 Å². The van der Waals surface area contributed by atoms with E-state index in [0.29, 0.717) is 53.4 Å². The fourth-order valence-corrected chi connectivity index (χ4v) is 6.38. The molecule has 42 heavy (non-hydrogen) atoms. The van der Waals surface area contributed by atoms with E-state index in [1.807, 2.05) is 29.2 Å². The molecule has 1 saturated heterocycles. The van der Waals surface area contributed by atoms with Crippen molar-refractivity contribution in [3.05, 3.63) is 71.3 Å². The number of piperidine rings is 1. The summed E-state index contributed by atoms with van der Waals surface area (Å²) in [4.78, 5) is 45.9. The number of carbonyl (C=O) groups is 3. The number of amides is 3. The van der Waals surface area contributed by atoms with Crippen molar-refractivity contribution in [1.29, 1.82) is 0 Å². The average Bonchev–Trinajstić information content (AvgIpc) is 3.49. The van der Waals surface area contributed by atoms with Crippen molar-refractivity contribution in [1.82, 2.24) is 10.3 Å². The number of nitrogens with one attached hydrogen (secondary N) is 1. The summed E-state index contributed by atoms with van der Waals surface area (Å²) in [5, 5.41) is 4.13. The normalized spacial score (nSPS) is 18.3. The Labute approximate surface area is 264 Å². The number of hydrogen-bond acceptors (Lipinski definition) is 10. The zero-order valence-electron chi connectivity index (χ0n) is 22.7. The number of anilines is 2. The van der Waals surface area contributed by atoms with Crippen molar-refractivity contribution in [2.75, 3.05) is 22.9 Å². The predicted molar refractivity (Wildman–Crippen MR) is 150 cm³/mol. The molecule has 210 valence electrons. The molecule has 3 amide bonds. The molecule has 0 bridgehead atoms. The maximum absolute atomic E-state index is 13.4. The molecular weight excluding hydrogens is 571 g/mol.